The van der Waals surface area contributed by atoms with Gasteiger partial charge >= 0.3 is 0 Å². The van der Waals surface area contributed by atoms with E-state index in [2.05, 4.69) is 0 Å². The van der Waals surface area contributed by atoms with Crippen molar-refractivity contribution in [3.63, 3.8) is 0 Å². The summed E-state index contributed by atoms with van der Waals surface area (Å²) in [7, 11) is 0. The van der Waals surface area contributed by atoms with E-state index in [1.807, 2.05) is 0 Å². The lowest BCUT2D eigenvalue weighted by atomic mass is 10.0. The van der Waals surface area contributed by atoms with Crippen LogP contribution in [-0.2, 0) is 0 Å². The molecule has 0 aromatic heterocycles. The predicted molar refractivity (Wildman–Crippen MR) is 52.1 cm³/mol. The van der Waals surface area contributed by atoms with Crippen molar-refractivity contribution in [2.45, 2.75) is 18.9 Å². The first-order valence-corrected chi connectivity index (χ1v) is 4.63. The van der Waals surface area contributed by atoms with Gasteiger partial charge in [-0.25, -0.2) is 4.39 Å². The normalized spacial score (nSPS) is 18.1. The van der Waals surface area contributed by atoms with Crippen LogP contribution in [0.4, 0.5) is 10.1 Å². The van der Waals surface area contributed by atoms with E-state index >= 15 is 0 Å². The van der Waals surface area contributed by atoms with Gasteiger partial charge in [-0.05, 0) is 24.8 Å². The Morgan fingerprint density at radius 1 is 1.43 bits per heavy atom. The van der Waals surface area contributed by atoms with Gasteiger partial charge in [0.05, 0.1) is 5.69 Å². The highest BCUT2D eigenvalue weighted by atomic mass is 19.1. The fourth-order valence-electron chi connectivity index (χ4n) is 1.57. The molecular formula is C10H13FN2O. The lowest BCUT2D eigenvalue weighted by Gasteiger charge is -2.13. The third-order valence-corrected chi connectivity index (χ3v) is 2.63. The van der Waals surface area contributed by atoms with Crippen LogP contribution in [0.1, 0.15) is 24.4 Å². The van der Waals surface area contributed by atoms with Crippen LogP contribution in [-0.4, -0.2) is 5.11 Å². The summed E-state index contributed by atoms with van der Waals surface area (Å²) in [6.07, 6.45) is 2.13. The average Bonchev–Trinajstić information content (AvgIpc) is 2.93. The number of anilines is 1. The number of nitrogens with two attached hydrogens (primary N) is 2. The first-order valence-electron chi connectivity index (χ1n) is 4.63. The van der Waals surface area contributed by atoms with Gasteiger partial charge in [-0.3, -0.25) is 0 Å². The summed E-state index contributed by atoms with van der Waals surface area (Å²) in [5, 5.41) is 9.49. The summed E-state index contributed by atoms with van der Waals surface area (Å²) >= 11 is 0. The molecule has 0 spiro atoms. The van der Waals surface area contributed by atoms with Crippen molar-refractivity contribution >= 4 is 5.69 Å². The van der Waals surface area contributed by atoms with E-state index in [0.29, 0.717) is 11.5 Å². The number of rotatable bonds is 2. The minimum absolute atomic E-state index is 0.0360. The van der Waals surface area contributed by atoms with Crippen LogP contribution in [0.15, 0.2) is 12.1 Å². The van der Waals surface area contributed by atoms with Gasteiger partial charge in [0.2, 0.25) is 0 Å². The van der Waals surface area contributed by atoms with Crippen molar-refractivity contribution in [1.29, 1.82) is 0 Å². The number of nitrogen functional groups attached to an aromatic ring is 1. The van der Waals surface area contributed by atoms with Crippen LogP contribution in [0.5, 0.6) is 5.75 Å². The zero-order valence-electron chi connectivity index (χ0n) is 7.70. The fourth-order valence-corrected chi connectivity index (χ4v) is 1.57. The van der Waals surface area contributed by atoms with Crippen LogP contribution in [0, 0.1) is 11.7 Å². The summed E-state index contributed by atoms with van der Waals surface area (Å²) < 4.78 is 12.9. The number of benzene rings is 1. The maximum absolute atomic E-state index is 12.9. The minimum atomic E-state index is -0.603. The Hall–Kier alpha value is -1.29. The smallest absolute Gasteiger partial charge is 0.149 e. The van der Waals surface area contributed by atoms with Crippen molar-refractivity contribution in [2.75, 3.05) is 5.73 Å². The van der Waals surface area contributed by atoms with Gasteiger partial charge in [0.15, 0.2) is 0 Å². The molecule has 0 amide bonds. The van der Waals surface area contributed by atoms with E-state index in [0.717, 1.165) is 18.9 Å². The molecule has 5 N–H and O–H groups in total. The second kappa shape index (κ2) is 3.13. The van der Waals surface area contributed by atoms with Crippen LogP contribution >= 0.6 is 0 Å². The number of hydrogen-bond donors (Lipinski definition) is 3. The van der Waals surface area contributed by atoms with Gasteiger partial charge in [-0.2, -0.15) is 0 Å². The van der Waals surface area contributed by atoms with Gasteiger partial charge in [-0.1, -0.05) is 0 Å². The molecule has 1 aliphatic rings. The summed E-state index contributed by atoms with van der Waals surface area (Å²) in [5.41, 5.74) is 11.9. The van der Waals surface area contributed by atoms with Crippen molar-refractivity contribution < 1.29 is 9.50 Å². The highest BCUT2D eigenvalue weighted by Crippen LogP contribution is 2.42. The first-order chi connectivity index (χ1) is 6.59. The van der Waals surface area contributed by atoms with Crippen LogP contribution in [0.2, 0.25) is 0 Å². The SMILES string of the molecule is Nc1cc([C@H](N)C2CC2)c(O)cc1F. The summed E-state index contributed by atoms with van der Waals surface area (Å²) in [4.78, 5) is 0. The fraction of sp³-hybridized carbons (Fsp3) is 0.400. The Labute approximate surface area is 81.5 Å². The standard InChI is InChI=1S/C10H13FN2O/c11-7-4-9(14)6(3-8(7)12)10(13)5-1-2-5/h3-5,10,14H,1-2,12-13H2/t10-/m1/s1. The largest absolute Gasteiger partial charge is 0.507 e. The molecule has 0 unspecified atom stereocenters. The molecule has 14 heavy (non-hydrogen) atoms. The van der Waals surface area contributed by atoms with E-state index in [1.165, 1.54) is 6.07 Å². The minimum Gasteiger partial charge on any atom is -0.507 e. The molecule has 0 radical (unpaired) electrons. The van der Waals surface area contributed by atoms with E-state index < -0.39 is 5.82 Å². The summed E-state index contributed by atoms with van der Waals surface area (Å²) in [6, 6.07) is 2.22. The van der Waals surface area contributed by atoms with Gasteiger partial charge in [-0.15, -0.1) is 0 Å². The molecule has 76 valence electrons. The number of aromatic hydroxyl groups is 1. The van der Waals surface area contributed by atoms with Crippen molar-refractivity contribution in [3.8, 4) is 5.75 Å². The highest BCUT2D eigenvalue weighted by Gasteiger charge is 2.31. The third kappa shape index (κ3) is 1.53. The first kappa shape index (κ1) is 9.27. The molecule has 1 fully saturated rings. The summed E-state index contributed by atoms with van der Waals surface area (Å²) in [5.74, 6) is -0.295. The molecule has 2 rings (SSSR count). The third-order valence-electron chi connectivity index (χ3n) is 2.63. The van der Waals surface area contributed by atoms with E-state index in [9.17, 15) is 9.50 Å². The molecule has 4 heteroatoms. The van der Waals surface area contributed by atoms with Crippen molar-refractivity contribution in [1.82, 2.24) is 0 Å². The molecule has 1 aliphatic carbocycles. The molecule has 1 aromatic rings. The quantitative estimate of drug-likeness (QED) is 0.496. The zero-order chi connectivity index (χ0) is 10.3. The molecule has 1 saturated carbocycles. The Bertz CT molecular complexity index is 363. The molecule has 0 aliphatic heterocycles. The van der Waals surface area contributed by atoms with Crippen LogP contribution in [0.25, 0.3) is 0 Å². The number of phenols is 1. The Morgan fingerprint density at radius 2 is 2.07 bits per heavy atom. The second-order valence-corrected chi connectivity index (χ2v) is 3.80. The Kier molecular flexibility index (Phi) is 2.07. The molecule has 1 atom stereocenters. The Balaban J connectivity index is 2.36. The topological polar surface area (TPSA) is 72.3 Å². The van der Waals surface area contributed by atoms with Gasteiger partial charge in [0, 0.05) is 17.7 Å². The van der Waals surface area contributed by atoms with E-state index in [4.69, 9.17) is 11.5 Å². The molecular weight excluding hydrogens is 183 g/mol. The molecule has 0 saturated heterocycles. The van der Waals surface area contributed by atoms with Gasteiger partial charge < -0.3 is 16.6 Å². The van der Waals surface area contributed by atoms with Gasteiger partial charge in [0.25, 0.3) is 0 Å². The average molecular weight is 196 g/mol. The monoisotopic (exact) mass is 196 g/mol. The van der Waals surface area contributed by atoms with Crippen molar-refractivity contribution in [3.05, 3.63) is 23.5 Å². The molecule has 0 bridgehead atoms. The van der Waals surface area contributed by atoms with Gasteiger partial charge in [0.1, 0.15) is 11.6 Å². The number of hydrogen-bond acceptors (Lipinski definition) is 3. The van der Waals surface area contributed by atoms with E-state index in [1.54, 1.807) is 0 Å². The highest BCUT2D eigenvalue weighted by molar-refractivity contribution is 5.50. The maximum atomic E-state index is 12.9. The lowest BCUT2D eigenvalue weighted by Crippen LogP contribution is -2.13. The maximum Gasteiger partial charge on any atom is 0.149 e. The van der Waals surface area contributed by atoms with Crippen LogP contribution in [0.3, 0.4) is 0 Å². The molecule has 0 heterocycles. The second-order valence-electron chi connectivity index (χ2n) is 3.80. The zero-order valence-corrected chi connectivity index (χ0v) is 7.70. The number of phenolic OH excluding ortho intramolecular Hbond substituents is 1. The summed E-state index contributed by atoms with van der Waals surface area (Å²) in [6.45, 7) is 0. The lowest BCUT2D eigenvalue weighted by molar-refractivity contribution is 0.451. The van der Waals surface area contributed by atoms with E-state index in [-0.39, 0.29) is 17.5 Å². The number of halogens is 1. The predicted octanol–water partition coefficient (Wildman–Crippen LogP) is 1.52. The molecule has 3 nitrogen and oxygen atoms in total. The van der Waals surface area contributed by atoms with Crippen LogP contribution < -0.4 is 11.5 Å². The molecule has 1 aromatic carbocycles. The van der Waals surface area contributed by atoms with Crippen molar-refractivity contribution in [2.24, 2.45) is 11.7 Å². The Morgan fingerprint density at radius 3 is 2.64 bits per heavy atom.